The van der Waals surface area contributed by atoms with Gasteiger partial charge in [-0.05, 0) is 32.8 Å². The number of amides is 1. The largest absolute Gasteiger partial charge is 0.272 e. The molecule has 5 nitrogen and oxygen atoms in total. The summed E-state index contributed by atoms with van der Waals surface area (Å²) >= 11 is 1.33. The van der Waals surface area contributed by atoms with E-state index >= 15 is 0 Å². The molecule has 1 aromatic heterocycles. The van der Waals surface area contributed by atoms with Gasteiger partial charge in [-0.25, -0.2) is 15.4 Å². The number of nitrogens with one attached hydrogen (secondary N) is 1. The van der Waals surface area contributed by atoms with Gasteiger partial charge in [-0.2, -0.15) is 5.10 Å². The highest BCUT2D eigenvalue weighted by atomic mass is 32.2. The number of aromatic nitrogens is 2. The number of hydrogen-bond acceptors (Lipinski definition) is 5. The third-order valence-electron chi connectivity index (χ3n) is 2.71. The lowest BCUT2D eigenvalue weighted by Gasteiger charge is -2.05. The van der Waals surface area contributed by atoms with Gasteiger partial charge in [0.1, 0.15) is 0 Å². The van der Waals surface area contributed by atoms with E-state index in [2.05, 4.69) is 34.3 Å². The second kappa shape index (κ2) is 9.50. The number of carbonyl (C=O) groups excluding carboxylic acids is 1. The summed E-state index contributed by atoms with van der Waals surface area (Å²) in [7, 11) is 0. The van der Waals surface area contributed by atoms with Crippen molar-refractivity contribution in [1.82, 2.24) is 15.4 Å². The maximum Gasteiger partial charge on any atom is 0.250 e. The Morgan fingerprint density at radius 1 is 1.19 bits per heavy atom. The number of carbonyl (C=O) groups is 1. The molecule has 0 aliphatic rings. The van der Waals surface area contributed by atoms with Gasteiger partial charge in [0.05, 0.1) is 5.75 Å². The summed E-state index contributed by atoms with van der Waals surface area (Å²) in [6.07, 6.45) is 3.95. The molecule has 6 heteroatoms. The zero-order chi connectivity index (χ0) is 15.7. The summed E-state index contributed by atoms with van der Waals surface area (Å²) in [6.45, 7) is 8.07. The lowest BCUT2D eigenvalue weighted by Crippen LogP contribution is -2.21. The quantitative estimate of drug-likeness (QED) is 0.346. The van der Waals surface area contributed by atoms with Crippen LogP contribution in [0, 0.1) is 13.8 Å². The number of hydrogen-bond donors (Lipinski definition) is 1. The van der Waals surface area contributed by atoms with Gasteiger partial charge in [-0.1, -0.05) is 38.5 Å². The number of nitrogens with zero attached hydrogens (tertiary/aromatic N) is 3. The predicted octanol–water partition coefficient (Wildman–Crippen LogP) is 3.26. The van der Waals surface area contributed by atoms with Gasteiger partial charge in [0.2, 0.25) is 0 Å². The zero-order valence-corrected chi connectivity index (χ0v) is 14.1. The average molecular weight is 308 g/mol. The van der Waals surface area contributed by atoms with Crippen molar-refractivity contribution >= 4 is 23.4 Å². The topological polar surface area (TPSA) is 67.2 Å². The van der Waals surface area contributed by atoms with Crippen molar-refractivity contribution < 1.29 is 4.79 Å². The lowest BCUT2D eigenvalue weighted by atomic mass is 10.1. The zero-order valence-electron chi connectivity index (χ0n) is 13.3. The van der Waals surface area contributed by atoms with Crippen LogP contribution >= 0.6 is 11.8 Å². The van der Waals surface area contributed by atoms with Gasteiger partial charge in [0.15, 0.2) is 5.16 Å². The van der Waals surface area contributed by atoms with Crippen LogP contribution in [0.25, 0.3) is 0 Å². The Morgan fingerprint density at radius 2 is 1.76 bits per heavy atom. The summed E-state index contributed by atoms with van der Waals surface area (Å²) in [5.74, 6) is 0.158. The average Bonchev–Trinajstić information content (AvgIpc) is 2.42. The Bertz CT molecular complexity index is 474. The number of aryl methyl sites for hydroxylation is 2. The fraction of sp³-hybridized carbons (Fsp3) is 0.600. The first-order valence-corrected chi connectivity index (χ1v) is 8.33. The Morgan fingerprint density at radius 3 is 2.29 bits per heavy atom. The molecule has 1 N–H and O–H groups in total. The minimum absolute atomic E-state index is 0.118. The lowest BCUT2D eigenvalue weighted by molar-refractivity contribution is -0.118. The summed E-state index contributed by atoms with van der Waals surface area (Å²) < 4.78 is 0. The van der Waals surface area contributed by atoms with Crippen molar-refractivity contribution in [1.29, 1.82) is 0 Å². The third-order valence-corrected chi connectivity index (χ3v) is 3.56. The number of hydrazone groups is 1. The Labute approximate surface area is 131 Å². The van der Waals surface area contributed by atoms with E-state index in [1.54, 1.807) is 0 Å². The van der Waals surface area contributed by atoms with Gasteiger partial charge in [-0.15, -0.1) is 0 Å². The van der Waals surface area contributed by atoms with Crippen molar-refractivity contribution in [2.45, 2.75) is 58.5 Å². The predicted molar refractivity (Wildman–Crippen MR) is 87.6 cm³/mol. The highest BCUT2D eigenvalue weighted by Gasteiger charge is 2.06. The van der Waals surface area contributed by atoms with Crippen LogP contribution in [0.5, 0.6) is 0 Å². The molecule has 21 heavy (non-hydrogen) atoms. The molecule has 0 atom stereocenters. The molecule has 0 bridgehead atoms. The fourth-order valence-corrected chi connectivity index (χ4v) is 2.62. The Balaban J connectivity index is 2.47. The van der Waals surface area contributed by atoms with Crippen molar-refractivity contribution in [3.8, 4) is 0 Å². The second-order valence-electron chi connectivity index (χ2n) is 4.93. The molecule has 0 aliphatic heterocycles. The van der Waals surface area contributed by atoms with Crippen LogP contribution in [0.1, 0.15) is 50.9 Å². The van der Waals surface area contributed by atoms with E-state index in [1.807, 2.05) is 19.9 Å². The van der Waals surface area contributed by atoms with Crippen molar-refractivity contribution in [2.24, 2.45) is 5.10 Å². The van der Waals surface area contributed by atoms with Gasteiger partial charge in [0.25, 0.3) is 5.91 Å². The van der Waals surface area contributed by atoms with E-state index in [0.717, 1.165) is 42.8 Å². The molecule has 0 radical (unpaired) electrons. The Kier molecular flexibility index (Phi) is 7.97. The highest BCUT2D eigenvalue weighted by Crippen LogP contribution is 2.13. The molecule has 1 rings (SSSR count). The normalized spacial score (nSPS) is 10.3. The van der Waals surface area contributed by atoms with Crippen LogP contribution in [0.4, 0.5) is 0 Å². The molecule has 1 aromatic rings. The minimum atomic E-state index is -0.118. The second-order valence-corrected chi connectivity index (χ2v) is 5.88. The molecular formula is C15H24N4OS. The molecule has 0 spiro atoms. The molecule has 1 amide bonds. The van der Waals surface area contributed by atoms with Gasteiger partial charge < -0.3 is 0 Å². The molecule has 1 heterocycles. The highest BCUT2D eigenvalue weighted by molar-refractivity contribution is 7.99. The van der Waals surface area contributed by atoms with Crippen LogP contribution < -0.4 is 5.43 Å². The molecule has 0 saturated heterocycles. The molecule has 0 unspecified atom stereocenters. The first kappa shape index (κ1) is 17.6. The van der Waals surface area contributed by atoms with E-state index in [-0.39, 0.29) is 11.7 Å². The molecular weight excluding hydrogens is 284 g/mol. The summed E-state index contributed by atoms with van der Waals surface area (Å²) in [5, 5.41) is 4.85. The van der Waals surface area contributed by atoms with Crippen molar-refractivity contribution in [2.75, 3.05) is 5.75 Å². The first-order valence-electron chi connectivity index (χ1n) is 7.34. The van der Waals surface area contributed by atoms with Crippen LogP contribution in [0.3, 0.4) is 0 Å². The number of thioether (sulfide) groups is 1. The SMILES string of the molecule is CCCC(CCC)=NNC(=O)CSc1nc(C)cc(C)n1. The van der Waals surface area contributed by atoms with Gasteiger partial charge in [0, 0.05) is 17.1 Å². The van der Waals surface area contributed by atoms with E-state index in [9.17, 15) is 4.79 Å². The van der Waals surface area contributed by atoms with E-state index < -0.39 is 0 Å². The maximum absolute atomic E-state index is 11.8. The standard InChI is InChI=1S/C15H24N4OS/c1-5-7-13(8-6-2)18-19-14(20)10-21-15-16-11(3)9-12(4)17-15/h9H,5-8,10H2,1-4H3,(H,19,20). The molecule has 0 fully saturated rings. The van der Waals surface area contributed by atoms with Crippen LogP contribution in [-0.4, -0.2) is 27.3 Å². The minimum Gasteiger partial charge on any atom is -0.272 e. The summed E-state index contributed by atoms with van der Waals surface area (Å²) in [6, 6.07) is 1.91. The van der Waals surface area contributed by atoms with Crippen molar-refractivity contribution in [3.63, 3.8) is 0 Å². The molecule has 0 aliphatic carbocycles. The molecule has 116 valence electrons. The van der Waals surface area contributed by atoms with Crippen LogP contribution in [0.15, 0.2) is 16.3 Å². The van der Waals surface area contributed by atoms with Gasteiger partial charge >= 0.3 is 0 Å². The van der Waals surface area contributed by atoms with Gasteiger partial charge in [-0.3, -0.25) is 4.79 Å². The van der Waals surface area contributed by atoms with Crippen LogP contribution in [-0.2, 0) is 4.79 Å². The molecule has 0 aromatic carbocycles. The molecule has 0 saturated carbocycles. The smallest absolute Gasteiger partial charge is 0.250 e. The summed E-state index contributed by atoms with van der Waals surface area (Å²) in [5.41, 5.74) is 5.51. The Hall–Kier alpha value is -1.43. The van der Waals surface area contributed by atoms with Crippen LogP contribution in [0.2, 0.25) is 0 Å². The monoisotopic (exact) mass is 308 g/mol. The van der Waals surface area contributed by atoms with Crippen molar-refractivity contribution in [3.05, 3.63) is 17.5 Å². The third kappa shape index (κ3) is 7.22. The number of rotatable bonds is 8. The first-order chi connectivity index (χ1) is 10.0. The van der Waals surface area contributed by atoms with E-state index in [1.165, 1.54) is 11.8 Å². The summed E-state index contributed by atoms with van der Waals surface area (Å²) in [4.78, 5) is 20.4. The van der Waals surface area contributed by atoms with E-state index in [4.69, 9.17) is 0 Å². The maximum atomic E-state index is 11.8. The fourth-order valence-electron chi connectivity index (χ4n) is 1.88. The van der Waals surface area contributed by atoms with E-state index in [0.29, 0.717) is 5.16 Å².